The molecule has 120 valence electrons. The molecule has 4 aromatic rings. The van der Waals surface area contributed by atoms with Crippen LogP contribution in [0.2, 0.25) is 0 Å². The van der Waals surface area contributed by atoms with Gasteiger partial charge in [0, 0.05) is 23.8 Å². The minimum absolute atomic E-state index is 0.0152. The molecule has 0 aliphatic carbocycles. The van der Waals surface area contributed by atoms with Gasteiger partial charge in [-0.05, 0) is 18.6 Å². The summed E-state index contributed by atoms with van der Waals surface area (Å²) in [5.41, 5.74) is 1.18. The minimum Gasteiger partial charge on any atom is -0.329 e. The molecule has 0 N–H and O–H groups in total. The van der Waals surface area contributed by atoms with Crippen molar-refractivity contribution in [3.63, 3.8) is 0 Å². The van der Waals surface area contributed by atoms with Crippen LogP contribution in [0.3, 0.4) is 0 Å². The maximum absolute atomic E-state index is 12.6. The summed E-state index contributed by atoms with van der Waals surface area (Å²) in [6.45, 7) is 3.14. The van der Waals surface area contributed by atoms with Crippen LogP contribution in [0.5, 0.6) is 0 Å². The van der Waals surface area contributed by atoms with Crippen molar-refractivity contribution in [2.75, 3.05) is 0 Å². The summed E-state index contributed by atoms with van der Waals surface area (Å²) in [6, 6.07) is 12.1. The first kappa shape index (κ1) is 14.8. The van der Waals surface area contributed by atoms with E-state index >= 15 is 0 Å². The molecule has 24 heavy (non-hydrogen) atoms. The largest absolute Gasteiger partial charge is 0.329 e. The molecule has 0 fully saturated rings. The Kier molecular flexibility index (Phi) is 3.74. The van der Waals surface area contributed by atoms with Gasteiger partial charge in [0.05, 0.1) is 18.3 Å². The molecule has 3 heterocycles. The van der Waals surface area contributed by atoms with Crippen molar-refractivity contribution in [3.8, 4) is 0 Å². The van der Waals surface area contributed by atoms with Gasteiger partial charge in [0.15, 0.2) is 0 Å². The number of benzene rings is 1. The lowest BCUT2D eigenvalue weighted by Crippen LogP contribution is -2.22. The summed E-state index contributed by atoms with van der Waals surface area (Å²) in [7, 11) is 0. The first-order valence-electron chi connectivity index (χ1n) is 7.70. The van der Waals surface area contributed by atoms with Gasteiger partial charge in [-0.1, -0.05) is 30.3 Å². The van der Waals surface area contributed by atoms with Gasteiger partial charge in [0.2, 0.25) is 0 Å². The maximum atomic E-state index is 12.6. The third kappa shape index (κ3) is 2.76. The molecule has 6 heteroatoms. The van der Waals surface area contributed by atoms with E-state index in [0.717, 1.165) is 22.1 Å². The summed E-state index contributed by atoms with van der Waals surface area (Å²) < 4.78 is 3.68. The van der Waals surface area contributed by atoms with Crippen molar-refractivity contribution in [1.82, 2.24) is 19.1 Å². The minimum atomic E-state index is -0.0152. The van der Waals surface area contributed by atoms with Gasteiger partial charge in [0.25, 0.3) is 5.56 Å². The lowest BCUT2D eigenvalue weighted by molar-refractivity contribution is 0.648. The topological polar surface area (TPSA) is 52.7 Å². The Hall–Kier alpha value is -2.73. The average molecular weight is 336 g/mol. The van der Waals surface area contributed by atoms with Crippen LogP contribution >= 0.6 is 11.3 Å². The second-order valence-corrected chi connectivity index (χ2v) is 6.95. The highest BCUT2D eigenvalue weighted by molar-refractivity contribution is 7.18. The number of imidazole rings is 1. The highest BCUT2D eigenvalue weighted by Crippen LogP contribution is 2.19. The molecule has 1 aromatic carbocycles. The van der Waals surface area contributed by atoms with Gasteiger partial charge < -0.3 is 4.57 Å². The lowest BCUT2D eigenvalue weighted by Gasteiger charge is -2.09. The molecule has 0 radical (unpaired) electrons. The number of thiophene rings is 1. The molecule has 0 spiro atoms. The van der Waals surface area contributed by atoms with Crippen LogP contribution < -0.4 is 5.56 Å². The molecule has 4 rings (SSSR count). The Morgan fingerprint density at radius 3 is 2.75 bits per heavy atom. The fourth-order valence-corrected chi connectivity index (χ4v) is 3.60. The first-order chi connectivity index (χ1) is 11.7. The zero-order valence-corrected chi connectivity index (χ0v) is 14.0. The van der Waals surface area contributed by atoms with E-state index in [2.05, 4.69) is 26.7 Å². The Bertz CT molecular complexity index is 1050. The zero-order valence-electron chi connectivity index (χ0n) is 13.2. The van der Waals surface area contributed by atoms with Crippen molar-refractivity contribution in [1.29, 1.82) is 0 Å². The van der Waals surface area contributed by atoms with Crippen LogP contribution in [0.1, 0.15) is 16.3 Å². The van der Waals surface area contributed by atoms with E-state index in [9.17, 15) is 4.79 Å². The summed E-state index contributed by atoms with van der Waals surface area (Å²) in [6.07, 6.45) is 5.32. The van der Waals surface area contributed by atoms with E-state index in [-0.39, 0.29) is 5.56 Å². The summed E-state index contributed by atoms with van der Waals surface area (Å²) >= 11 is 1.54. The number of hydrogen-bond donors (Lipinski definition) is 0. The quantitative estimate of drug-likeness (QED) is 0.575. The van der Waals surface area contributed by atoms with E-state index in [1.165, 1.54) is 5.56 Å². The number of aromatic nitrogens is 4. The fourth-order valence-electron chi connectivity index (χ4n) is 2.76. The predicted molar refractivity (Wildman–Crippen MR) is 95.5 cm³/mol. The van der Waals surface area contributed by atoms with Gasteiger partial charge in [-0.25, -0.2) is 9.97 Å². The standard InChI is InChI=1S/C18H16N4OS/c1-13-9-15-17(24-13)20-12-22(18(15)23)11-16-19-7-8-21(16)10-14-5-3-2-4-6-14/h2-9,12H,10-11H2,1H3. The lowest BCUT2D eigenvalue weighted by atomic mass is 10.2. The van der Waals surface area contributed by atoms with E-state index in [1.807, 2.05) is 37.4 Å². The second kappa shape index (κ2) is 6.05. The van der Waals surface area contributed by atoms with Crippen LogP contribution in [0.4, 0.5) is 0 Å². The van der Waals surface area contributed by atoms with Crippen molar-refractivity contribution in [3.05, 3.63) is 81.7 Å². The van der Waals surface area contributed by atoms with Gasteiger partial charge in [-0.3, -0.25) is 9.36 Å². The number of nitrogens with zero attached hydrogens (tertiary/aromatic N) is 4. The molecule has 0 unspecified atom stereocenters. The third-order valence-electron chi connectivity index (χ3n) is 3.95. The Morgan fingerprint density at radius 2 is 1.92 bits per heavy atom. The maximum Gasteiger partial charge on any atom is 0.262 e. The van der Waals surface area contributed by atoms with Crippen LogP contribution in [-0.4, -0.2) is 19.1 Å². The van der Waals surface area contributed by atoms with Gasteiger partial charge in [-0.15, -0.1) is 11.3 Å². The second-order valence-electron chi connectivity index (χ2n) is 5.71. The van der Waals surface area contributed by atoms with Gasteiger partial charge in [-0.2, -0.15) is 0 Å². The summed E-state index contributed by atoms with van der Waals surface area (Å²) in [4.78, 5) is 23.3. The zero-order chi connectivity index (χ0) is 16.5. The molecule has 0 atom stereocenters. The Labute approximate surface area is 142 Å². The van der Waals surface area contributed by atoms with Crippen molar-refractivity contribution >= 4 is 21.6 Å². The number of fused-ring (bicyclic) bond motifs is 1. The SMILES string of the molecule is Cc1cc2c(=O)n(Cc3nccn3Cc3ccccc3)cnc2s1. The molecule has 5 nitrogen and oxygen atoms in total. The van der Waals surface area contributed by atoms with Gasteiger partial charge in [0.1, 0.15) is 10.7 Å². The Balaban J connectivity index is 1.66. The van der Waals surface area contributed by atoms with Crippen LogP contribution in [-0.2, 0) is 13.1 Å². The van der Waals surface area contributed by atoms with E-state index in [0.29, 0.717) is 11.9 Å². The van der Waals surface area contributed by atoms with Crippen molar-refractivity contribution in [2.24, 2.45) is 0 Å². The van der Waals surface area contributed by atoms with Crippen LogP contribution in [0.15, 0.2) is 59.9 Å². The fraction of sp³-hybridized carbons (Fsp3) is 0.167. The molecule has 0 aliphatic rings. The van der Waals surface area contributed by atoms with Crippen LogP contribution in [0, 0.1) is 6.92 Å². The molecule has 3 aromatic heterocycles. The highest BCUT2D eigenvalue weighted by atomic mass is 32.1. The number of aryl methyl sites for hydroxylation is 1. The van der Waals surface area contributed by atoms with E-state index < -0.39 is 0 Å². The summed E-state index contributed by atoms with van der Waals surface area (Å²) in [5, 5.41) is 0.682. The average Bonchev–Trinajstić information content (AvgIpc) is 3.18. The predicted octanol–water partition coefficient (Wildman–Crippen LogP) is 3.06. The molecule has 0 saturated carbocycles. The van der Waals surface area contributed by atoms with Gasteiger partial charge >= 0.3 is 0 Å². The van der Waals surface area contributed by atoms with Crippen molar-refractivity contribution in [2.45, 2.75) is 20.0 Å². The monoisotopic (exact) mass is 336 g/mol. The molecule has 0 amide bonds. The molecule has 0 bridgehead atoms. The molecule has 0 saturated heterocycles. The van der Waals surface area contributed by atoms with Crippen molar-refractivity contribution < 1.29 is 0 Å². The number of hydrogen-bond acceptors (Lipinski definition) is 4. The van der Waals surface area contributed by atoms with E-state index in [1.54, 1.807) is 28.4 Å². The molecular formula is C18H16N4OS. The van der Waals surface area contributed by atoms with Crippen LogP contribution in [0.25, 0.3) is 10.2 Å². The highest BCUT2D eigenvalue weighted by Gasteiger charge is 2.10. The smallest absolute Gasteiger partial charge is 0.262 e. The first-order valence-corrected chi connectivity index (χ1v) is 8.52. The molecule has 0 aliphatic heterocycles. The Morgan fingerprint density at radius 1 is 1.08 bits per heavy atom. The molecular weight excluding hydrogens is 320 g/mol. The number of rotatable bonds is 4. The normalized spacial score (nSPS) is 11.2. The van der Waals surface area contributed by atoms with E-state index in [4.69, 9.17) is 0 Å². The third-order valence-corrected chi connectivity index (χ3v) is 4.91. The summed E-state index contributed by atoms with van der Waals surface area (Å²) in [5.74, 6) is 0.842.